The van der Waals surface area contributed by atoms with Gasteiger partial charge in [0.05, 0.1) is 30.4 Å². The summed E-state index contributed by atoms with van der Waals surface area (Å²) in [5.41, 5.74) is -0.138. The standard InChI is InChI=1S/C26H30F3N3O3/c1-18-12-20(14-22(13-18)26(27,28)29)19(2)35-16-24(21-6-4-3-5-7-21)8-10-25(15-33,11-9-24)32-17-30-31-23(32)34/h3-7,12-14,17,19,33H,8-11,15-16H2,1-2H3,(H,31,34)/t19-,24-,25+/m1/s1. The minimum atomic E-state index is -4.42. The van der Waals surface area contributed by atoms with E-state index in [2.05, 4.69) is 10.2 Å². The quantitative estimate of drug-likeness (QED) is 0.496. The first-order valence-electron chi connectivity index (χ1n) is 11.7. The number of nitrogens with zero attached hydrogens (tertiary/aromatic N) is 2. The second-order valence-corrected chi connectivity index (χ2v) is 9.64. The minimum Gasteiger partial charge on any atom is -0.394 e. The summed E-state index contributed by atoms with van der Waals surface area (Å²) in [5.74, 6) is 0. The average molecular weight is 490 g/mol. The van der Waals surface area contributed by atoms with Crippen LogP contribution < -0.4 is 5.69 Å². The van der Waals surface area contributed by atoms with Crippen LogP contribution in [0.15, 0.2) is 59.7 Å². The van der Waals surface area contributed by atoms with E-state index in [-0.39, 0.29) is 12.3 Å². The first kappa shape index (κ1) is 25.2. The molecule has 3 aromatic rings. The van der Waals surface area contributed by atoms with Crippen LogP contribution in [0.25, 0.3) is 0 Å². The van der Waals surface area contributed by atoms with E-state index in [4.69, 9.17) is 4.74 Å². The number of hydrogen-bond acceptors (Lipinski definition) is 4. The SMILES string of the molecule is Cc1cc([C@@H](C)OC[C@]2(c3ccccc3)CC[C@@](CO)(n3cn[nH]c3=O)CC2)cc(C(F)(F)F)c1. The lowest BCUT2D eigenvalue weighted by molar-refractivity contribution is -0.137. The van der Waals surface area contributed by atoms with Crippen molar-refractivity contribution in [1.29, 1.82) is 0 Å². The number of aryl methyl sites for hydroxylation is 1. The van der Waals surface area contributed by atoms with Gasteiger partial charge in [0, 0.05) is 5.41 Å². The molecule has 35 heavy (non-hydrogen) atoms. The van der Waals surface area contributed by atoms with Gasteiger partial charge in [-0.2, -0.15) is 18.3 Å². The Morgan fingerprint density at radius 2 is 1.83 bits per heavy atom. The lowest BCUT2D eigenvalue weighted by Crippen LogP contribution is -2.50. The van der Waals surface area contributed by atoms with E-state index in [0.29, 0.717) is 43.4 Å². The zero-order chi connectivity index (χ0) is 25.3. The average Bonchev–Trinajstić information content (AvgIpc) is 3.29. The monoisotopic (exact) mass is 489 g/mol. The summed E-state index contributed by atoms with van der Waals surface area (Å²) in [6.45, 7) is 3.51. The van der Waals surface area contributed by atoms with Gasteiger partial charge in [0.1, 0.15) is 6.33 Å². The maximum Gasteiger partial charge on any atom is 0.416 e. The molecule has 1 aliphatic carbocycles. The fourth-order valence-corrected chi connectivity index (χ4v) is 5.16. The predicted octanol–water partition coefficient (Wildman–Crippen LogP) is 4.88. The summed E-state index contributed by atoms with van der Waals surface area (Å²) >= 11 is 0. The number of rotatable bonds is 7. The van der Waals surface area contributed by atoms with Crippen molar-refractivity contribution >= 4 is 0 Å². The third kappa shape index (κ3) is 5.06. The second-order valence-electron chi connectivity index (χ2n) is 9.64. The van der Waals surface area contributed by atoms with Crippen LogP contribution in [0, 0.1) is 6.92 Å². The van der Waals surface area contributed by atoms with Crippen molar-refractivity contribution in [3.8, 4) is 0 Å². The van der Waals surface area contributed by atoms with E-state index in [1.165, 1.54) is 10.9 Å². The molecule has 0 spiro atoms. The van der Waals surface area contributed by atoms with Crippen LogP contribution in [0.2, 0.25) is 0 Å². The van der Waals surface area contributed by atoms with E-state index in [1.54, 1.807) is 19.9 Å². The maximum absolute atomic E-state index is 13.3. The van der Waals surface area contributed by atoms with Crippen molar-refractivity contribution in [2.75, 3.05) is 13.2 Å². The number of H-pyrrole nitrogens is 1. The molecule has 2 N–H and O–H groups in total. The molecule has 0 amide bonds. The maximum atomic E-state index is 13.3. The Kier molecular flexibility index (Phi) is 6.92. The van der Waals surface area contributed by atoms with E-state index >= 15 is 0 Å². The number of aliphatic hydroxyl groups is 1. The number of aromatic amines is 1. The third-order valence-corrected chi connectivity index (χ3v) is 7.39. The van der Waals surface area contributed by atoms with Gasteiger partial charge in [0.25, 0.3) is 0 Å². The predicted molar refractivity (Wildman–Crippen MR) is 125 cm³/mol. The minimum absolute atomic E-state index is 0.196. The summed E-state index contributed by atoms with van der Waals surface area (Å²) in [6, 6.07) is 13.9. The van der Waals surface area contributed by atoms with Gasteiger partial charge in [-0.05, 0) is 62.8 Å². The van der Waals surface area contributed by atoms with Crippen molar-refractivity contribution in [2.45, 2.75) is 62.8 Å². The lowest BCUT2D eigenvalue weighted by Gasteiger charge is -2.46. The van der Waals surface area contributed by atoms with Crippen molar-refractivity contribution in [3.05, 3.63) is 87.6 Å². The molecule has 1 aliphatic rings. The van der Waals surface area contributed by atoms with Crippen LogP contribution >= 0.6 is 0 Å². The van der Waals surface area contributed by atoms with Gasteiger partial charge in [0.2, 0.25) is 0 Å². The number of nitrogens with one attached hydrogen (secondary N) is 1. The molecule has 0 radical (unpaired) electrons. The molecule has 188 valence electrons. The van der Waals surface area contributed by atoms with Crippen LogP contribution in [0.1, 0.15) is 61.0 Å². The largest absolute Gasteiger partial charge is 0.416 e. The van der Waals surface area contributed by atoms with E-state index in [0.717, 1.165) is 17.7 Å². The number of aromatic nitrogens is 3. The molecule has 1 atom stereocenters. The summed E-state index contributed by atoms with van der Waals surface area (Å²) < 4.78 is 47.7. The number of hydrogen-bond donors (Lipinski definition) is 2. The highest BCUT2D eigenvalue weighted by atomic mass is 19.4. The summed E-state index contributed by atoms with van der Waals surface area (Å²) in [4.78, 5) is 12.2. The van der Waals surface area contributed by atoms with Gasteiger partial charge in [-0.15, -0.1) is 0 Å². The summed E-state index contributed by atoms with van der Waals surface area (Å²) in [6.07, 6.45) is -1.24. The highest BCUT2D eigenvalue weighted by Gasteiger charge is 2.45. The van der Waals surface area contributed by atoms with Gasteiger partial charge in [-0.25, -0.2) is 9.89 Å². The molecule has 9 heteroatoms. The molecule has 1 saturated carbocycles. The van der Waals surface area contributed by atoms with Gasteiger partial charge in [0.15, 0.2) is 0 Å². The zero-order valence-corrected chi connectivity index (χ0v) is 19.8. The molecular formula is C26H30F3N3O3. The highest BCUT2D eigenvalue weighted by molar-refractivity contribution is 5.33. The first-order valence-corrected chi connectivity index (χ1v) is 11.7. The van der Waals surface area contributed by atoms with E-state index in [1.807, 2.05) is 30.3 Å². The smallest absolute Gasteiger partial charge is 0.394 e. The molecule has 2 aromatic carbocycles. The van der Waals surface area contributed by atoms with Crippen LogP contribution in [0.4, 0.5) is 13.2 Å². The summed E-state index contributed by atoms with van der Waals surface area (Å²) in [7, 11) is 0. The Labute approximate surface area is 201 Å². The molecule has 6 nitrogen and oxygen atoms in total. The molecule has 1 fully saturated rings. The van der Waals surface area contributed by atoms with Crippen molar-refractivity contribution in [3.63, 3.8) is 0 Å². The number of alkyl halides is 3. The number of ether oxygens (including phenoxy) is 1. The van der Waals surface area contributed by atoms with Crippen LogP contribution in [-0.2, 0) is 21.9 Å². The van der Waals surface area contributed by atoms with Crippen LogP contribution in [0.3, 0.4) is 0 Å². The molecule has 1 aromatic heterocycles. The molecule has 0 bridgehead atoms. The highest BCUT2D eigenvalue weighted by Crippen LogP contribution is 2.46. The van der Waals surface area contributed by atoms with Crippen molar-refractivity contribution in [1.82, 2.24) is 14.8 Å². The van der Waals surface area contributed by atoms with Crippen molar-refractivity contribution in [2.24, 2.45) is 0 Å². The van der Waals surface area contributed by atoms with Gasteiger partial charge >= 0.3 is 11.9 Å². The molecule has 0 unspecified atom stereocenters. The topological polar surface area (TPSA) is 80.1 Å². The van der Waals surface area contributed by atoms with Crippen LogP contribution in [-0.4, -0.2) is 33.1 Å². The number of aliphatic hydroxyl groups excluding tert-OH is 1. The number of halogens is 3. The lowest BCUT2D eigenvalue weighted by atomic mass is 9.64. The molecular weight excluding hydrogens is 459 g/mol. The van der Waals surface area contributed by atoms with E-state index < -0.39 is 28.8 Å². The van der Waals surface area contributed by atoms with Crippen molar-refractivity contribution < 1.29 is 23.0 Å². The second kappa shape index (κ2) is 9.62. The fourth-order valence-electron chi connectivity index (χ4n) is 5.16. The Morgan fingerprint density at radius 3 is 2.40 bits per heavy atom. The van der Waals surface area contributed by atoms with Gasteiger partial charge in [-0.1, -0.05) is 42.0 Å². The Morgan fingerprint density at radius 1 is 1.14 bits per heavy atom. The first-order chi connectivity index (χ1) is 16.6. The van der Waals surface area contributed by atoms with E-state index in [9.17, 15) is 23.1 Å². The molecule has 4 rings (SSSR count). The molecule has 1 heterocycles. The van der Waals surface area contributed by atoms with Gasteiger partial charge in [-0.3, -0.25) is 4.57 Å². The molecule has 0 aliphatic heterocycles. The Bertz CT molecular complexity index is 1200. The number of benzene rings is 2. The van der Waals surface area contributed by atoms with Crippen LogP contribution in [0.5, 0.6) is 0 Å². The normalized spacial score (nSPS) is 23.8. The fraction of sp³-hybridized carbons (Fsp3) is 0.462. The Hall–Kier alpha value is -2.91. The molecule has 0 saturated heterocycles. The Balaban J connectivity index is 1.58. The third-order valence-electron chi connectivity index (χ3n) is 7.39. The van der Waals surface area contributed by atoms with Gasteiger partial charge < -0.3 is 9.84 Å². The summed E-state index contributed by atoms with van der Waals surface area (Å²) in [5, 5.41) is 16.5. The zero-order valence-electron chi connectivity index (χ0n) is 19.8.